The number of carbonyl (C=O) groups excluding carboxylic acids is 1. The Hall–Kier alpha value is -2.63. The van der Waals surface area contributed by atoms with Crippen LogP contribution >= 0.6 is 0 Å². The van der Waals surface area contributed by atoms with E-state index in [0.29, 0.717) is 11.8 Å². The van der Waals surface area contributed by atoms with Crippen molar-refractivity contribution in [2.75, 3.05) is 5.32 Å². The molecule has 6 heteroatoms. The number of carbonyl (C=O) groups is 1. The van der Waals surface area contributed by atoms with Crippen LogP contribution in [0.1, 0.15) is 44.1 Å². The van der Waals surface area contributed by atoms with Crippen LogP contribution in [0.3, 0.4) is 0 Å². The molecule has 0 unspecified atom stereocenters. The average Bonchev–Trinajstić information content (AvgIpc) is 3.04. The summed E-state index contributed by atoms with van der Waals surface area (Å²) in [6.45, 7) is 5.73. The van der Waals surface area contributed by atoms with Crippen LogP contribution in [0, 0.1) is 13.8 Å². The van der Waals surface area contributed by atoms with Gasteiger partial charge in [0.2, 0.25) is 11.8 Å². The lowest BCUT2D eigenvalue weighted by molar-refractivity contribution is 0.250. The monoisotopic (exact) mass is 340 g/mol. The Morgan fingerprint density at radius 3 is 2.76 bits per heavy atom. The zero-order valence-electron chi connectivity index (χ0n) is 14.9. The highest BCUT2D eigenvalue weighted by Gasteiger charge is 2.15. The van der Waals surface area contributed by atoms with Gasteiger partial charge in [-0.2, -0.15) is 0 Å². The SMILES string of the molecule is Cc1nnc(-c2ccc(C)c(NC(=O)N[C@H](C)C3=CCCCC3)c2)o1. The molecular weight excluding hydrogens is 316 g/mol. The van der Waals surface area contributed by atoms with Crippen molar-refractivity contribution in [2.45, 2.75) is 52.5 Å². The van der Waals surface area contributed by atoms with Crippen molar-refractivity contribution >= 4 is 11.7 Å². The van der Waals surface area contributed by atoms with E-state index in [4.69, 9.17) is 4.42 Å². The number of rotatable bonds is 4. The third kappa shape index (κ3) is 4.26. The number of anilines is 1. The van der Waals surface area contributed by atoms with E-state index in [1.54, 1.807) is 6.92 Å². The van der Waals surface area contributed by atoms with Gasteiger partial charge in [-0.25, -0.2) is 4.79 Å². The number of aryl methyl sites for hydroxylation is 2. The average molecular weight is 340 g/mol. The Bertz CT molecular complexity index is 794. The molecule has 25 heavy (non-hydrogen) atoms. The molecule has 2 aromatic rings. The Balaban J connectivity index is 1.69. The number of amides is 2. The maximum Gasteiger partial charge on any atom is 0.319 e. The molecule has 1 aliphatic carbocycles. The van der Waals surface area contributed by atoms with E-state index < -0.39 is 0 Å². The molecular formula is C19H24N4O2. The number of benzene rings is 1. The van der Waals surface area contributed by atoms with Gasteiger partial charge in [-0.3, -0.25) is 0 Å². The van der Waals surface area contributed by atoms with Crippen LogP contribution in [0.4, 0.5) is 10.5 Å². The van der Waals surface area contributed by atoms with Crippen LogP contribution < -0.4 is 10.6 Å². The summed E-state index contributed by atoms with van der Waals surface area (Å²) in [5, 5.41) is 13.8. The number of hydrogen-bond donors (Lipinski definition) is 2. The predicted octanol–water partition coefficient (Wildman–Crippen LogP) is 4.36. The van der Waals surface area contributed by atoms with Gasteiger partial charge in [0.1, 0.15) is 0 Å². The summed E-state index contributed by atoms with van der Waals surface area (Å²) >= 11 is 0. The fraction of sp³-hybridized carbons (Fsp3) is 0.421. The predicted molar refractivity (Wildman–Crippen MR) is 97.4 cm³/mol. The third-order valence-corrected chi connectivity index (χ3v) is 4.49. The first kappa shape index (κ1) is 17.2. The first-order valence-corrected chi connectivity index (χ1v) is 8.70. The van der Waals surface area contributed by atoms with Crippen LogP contribution in [0.5, 0.6) is 0 Å². The number of hydrogen-bond acceptors (Lipinski definition) is 4. The summed E-state index contributed by atoms with van der Waals surface area (Å²) < 4.78 is 5.46. The minimum absolute atomic E-state index is 0.0439. The number of nitrogens with zero attached hydrogens (tertiary/aromatic N) is 2. The minimum atomic E-state index is -0.207. The summed E-state index contributed by atoms with van der Waals surface area (Å²) in [7, 11) is 0. The van der Waals surface area contributed by atoms with Crippen molar-refractivity contribution in [3.8, 4) is 11.5 Å². The molecule has 0 fully saturated rings. The number of aromatic nitrogens is 2. The van der Waals surface area contributed by atoms with E-state index in [1.165, 1.54) is 18.4 Å². The fourth-order valence-corrected chi connectivity index (χ4v) is 3.01. The lowest BCUT2D eigenvalue weighted by Gasteiger charge is -2.21. The van der Waals surface area contributed by atoms with Crippen molar-refractivity contribution < 1.29 is 9.21 Å². The van der Waals surface area contributed by atoms with Gasteiger partial charge in [-0.15, -0.1) is 10.2 Å². The van der Waals surface area contributed by atoms with Crippen LogP contribution in [0.15, 0.2) is 34.3 Å². The number of allylic oxidation sites excluding steroid dienone is 1. The van der Waals surface area contributed by atoms with Crippen LogP contribution in [-0.4, -0.2) is 22.3 Å². The zero-order valence-corrected chi connectivity index (χ0v) is 14.9. The lowest BCUT2D eigenvalue weighted by Crippen LogP contribution is -2.37. The Morgan fingerprint density at radius 2 is 2.08 bits per heavy atom. The van der Waals surface area contributed by atoms with Gasteiger partial charge in [-0.05, 0) is 57.2 Å². The first-order valence-electron chi connectivity index (χ1n) is 8.70. The van der Waals surface area contributed by atoms with Gasteiger partial charge in [0, 0.05) is 24.2 Å². The molecule has 2 amide bonds. The Kier molecular flexibility index (Phi) is 5.16. The summed E-state index contributed by atoms with van der Waals surface area (Å²) in [4.78, 5) is 12.4. The summed E-state index contributed by atoms with van der Waals surface area (Å²) in [6, 6.07) is 5.52. The molecule has 0 aliphatic heterocycles. The summed E-state index contributed by atoms with van der Waals surface area (Å²) in [5.41, 5.74) is 3.80. The Morgan fingerprint density at radius 1 is 1.24 bits per heavy atom. The number of nitrogens with one attached hydrogen (secondary N) is 2. The van der Waals surface area contributed by atoms with E-state index in [0.717, 1.165) is 29.7 Å². The largest absolute Gasteiger partial charge is 0.421 e. The molecule has 1 aromatic carbocycles. The van der Waals surface area contributed by atoms with Crippen LogP contribution in [0.2, 0.25) is 0 Å². The van der Waals surface area contributed by atoms with Crippen molar-refractivity contribution in [3.05, 3.63) is 41.3 Å². The molecule has 0 bridgehead atoms. The van der Waals surface area contributed by atoms with Crippen molar-refractivity contribution in [2.24, 2.45) is 0 Å². The second-order valence-electron chi connectivity index (χ2n) is 6.50. The second kappa shape index (κ2) is 7.51. The fourth-order valence-electron chi connectivity index (χ4n) is 3.01. The van der Waals surface area contributed by atoms with Crippen molar-refractivity contribution in [3.63, 3.8) is 0 Å². The maximum absolute atomic E-state index is 12.4. The second-order valence-corrected chi connectivity index (χ2v) is 6.50. The Labute approximate surface area is 147 Å². The van der Waals surface area contributed by atoms with Gasteiger partial charge >= 0.3 is 6.03 Å². The standard InChI is InChI=1S/C19H24N4O2/c1-12-9-10-16(18-23-22-14(3)25-18)11-17(12)21-19(24)20-13(2)15-7-5-4-6-8-15/h7,9-11,13H,4-6,8H2,1-3H3,(H2,20,21,24)/t13-/m1/s1. The molecule has 3 rings (SSSR count). The smallest absolute Gasteiger partial charge is 0.319 e. The molecule has 6 nitrogen and oxygen atoms in total. The first-order chi connectivity index (χ1) is 12.0. The van der Waals surface area contributed by atoms with E-state index >= 15 is 0 Å². The van der Waals surface area contributed by atoms with E-state index in [2.05, 4.69) is 26.9 Å². The molecule has 132 valence electrons. The molecule has 0 saturated carbocycles. The van der Waals surface area contributed by atoms with E-state index in [1.807, 2.05) is 32.0 Å². The van der Waals surface area contributed by atoms with Crippen LogP contribution in [0.25, 0.3) is 11.5 Å². The molecule has 1 aromatic heterocycles. The van der Waals surface area contributed by atoms with Crippen LogP contribution in [-0.2, 0) is 0 Å². The summed E-state index contributed by atoms with van der Waals surface area (Å²) in [5.74, 6) is 0.957. The van der Waals surface area contributed by atoms with E-state index in [-0.39, 0.29) is 12.1 Å². The van der Waals surface area contributed by atoms with Gasteiger partial charge in [0.05, 0.1) is 0 Å². The van der Waals surface area contributed by atoms with E-state index in [9.17, 15) is 4.79 Å². The lowest BCUT2D eigenvalue weighted by atomic mass is 9.95. The summed E-state index contributed by atoms with van der Waals surface area (Å²) in [6.07, 6.45) is 6.85. The van der Waals surface area contributed by atoms with Crippen molar-refractivity contribution in [1.29, 1.82) is 0 Å². The molecule has 1 heterocycles. The molecule has 2 N–H and O–H groups in total. The third-order valence-electron chi connectivity index (χ3n) is 4.49. The van der Waals surface area contributed by atoms with Gasteiger partial charge < -0.3 is 15.1 Å². The highest BCUT2D eigenvalue weighted by atomic mass is 16.4. The highest BCUT2D eigenvalue weighted by molar-refractivity contribution is 5.91. The van der Waals surface area contributed by atoms with Gasteiger partial charge in [0.25, 0.3) is 0 Å². The van der Waals surface area contributed by atoms with Crippen molar-refractivity contribution in [1.82, 2.24) is 15.5 Å². The maximum atomic E-state index is 12.4. The normalized spacial score (nSPS) is 15.4. The molecule has 0 spiro atoms. The number of urea groups is 1. The van der Waals surface area contributed by atoms with Gasteiger partial charge in [-0.1, -0.05) is 17.7 Å². The molecule has 0 radical (unpaired) electrons. The zero-order chi connectivity index (χ0) is 17.8. The topological polar surface area (TPSA) is 80.0 Å². The minimum Gasteiger partial charge on any atom is -0.421 e. The molecule has 1 atom stereocenters. The molecule has 0 saturated heterocycles. The van der Waals surface area contributed by atoms with Gasteiger partial charge in [0.15, 0.2) is 0 Å². The quantitative estimate of drug-likeness (QED) is 0.810. The highest BCUT2D eigenvalue weighted by Crippen LogP contribution is 2.25. The molecule has 1 aliphatic rings.